The third-order valence-electron chi connectivity index (χ3n) is 7.70. The first-order valence-corrected chi connectivity index (χ1v) is 13.1. The molecule has 0 N–H and O–H groups in total. The van der Waals surface area contributed by atoms with Gasteiger partial charge in [-0.2, -0.15) is 0 Å². The molecule has 0 saturated carbocycles. The summed E-state index contributed by atoms with van der Waals surface area (Å²) in [5.41, 5.74) is 5.30. The minimum absolute atomic E-state index is 0.121. The number of ether oxygens (including phenoxy) is 2. The lowest BCUT2D eigenvalue weighted by Crippen LogP contribution is -2.43. The highest BCUT2D eigenvalue weighted by atomic mass is 16.5. The second-order valence-electron chi connectivity index (χ2n) is 12.1. The van der Waals surface area contributed by atoms with Crippen molar-refractivity contribution in [3.63, 3.8) is 0 Å². The second kappa shape index (κ2) is 9.57. The summed E-state index contributed by atoms with van der Waals surface area (Å²) in [6, 6.07) is 4.07. The van der Waals surface area contributed by atoms with Crippen LogP contribution in [0.3, 0.4) is 0 Å². The average molecular weight is 492 g/mol. The summed E-state index contributed by atoms with van der Waals surface area (Å²) in [4.78, 5) is 29.7. The number of ketones is 2. The smallest absolute Gasteiger partial charge is 0.164 e. The highest BCUT2D eigenvalue weighted by molar-refractivity contribution is 6.06. The number of allylic oxidation sites excluding steroid dienone is 5. The first kappa shape index (κ1) is 26.2. The zero-order valence-corrected chi connectivity index (χ0v) is 23.0. The predicted molar refractivity (Wildman–Crippen MR) is 143 cm³/mol. The molecule has 1 aromatic rings. The van der Waals surface area contributed by atoms with Gasteiger partial charge in [-0.1, -0.05) is 46.8 Å². The number of nitrogens with zero attached hydrogens (tertiary/aromatic N) is 1. The molecule has 0 aromatic heterocycles. The summed E-state index contributed by atoms with van der Waals surface area (Å²) in [5, 5.41) is 0. The largest absolute Gasteiger partial charge is 0.493 e. The first-order chi connectivity index (χ1) is 16.9. The Hall–Kier alpha value is -2.82. The number of rotatable bonds is 7. The molecule has 1 aromatic carbocycles. The molecule has 3 aliphatic rings. The Morgan fingerprint density at radius 3 is 2.03 bits per heavy atom. The van der Waals surface area contributed by atoms with Crippen molar-refractivity contribution in [3.8, 4) is 11.5 Å². The van der Waals surface area contributed by atoms with Gasteiger partial charge in [0, 0.05) is 53.9 Å². The van der Waals surface area contributed by atoms with Crippen molar-refractivity contribution in [2.75, 3.05) is 20.8 Å². The van der Waals surface area contributed by atoms with E-state index < -0.39 is 5.92 Å². The monoisotopic (exact) mass is 491 g/mol. The maximum atomic E-state index is 13.8. The molecule has 0 atom stereocenters. The van der Waals surface area contributed by atoms with Crippen LogP contribution < -0.4 is 9.47 Å². The van der Waals surface area contributed by atoms with Crippen LogP contribution in [0.5, 0.6) is 11.5 Å². The van der Waals surface area contributed by atoms with Gasteiger partial charge in [-0.25, -0.2) is 0 Å². The molecule has 1 heterocycles. The van der Waals surface area contributed by atoms with Crippen molar-refractivity contribution in [1.82, 2.24) is 4.90 Å². The molecular weight excluding hydrogens is 450 g/mol. The normalized spacial score (nSPS) is 21.4. The van der Waals surface area contributed by atoms with E-state index in [1.807, 2.05) is 19.2 Å². The zero-order valence-electron chi connectivity index (χ0n) is 23.0. The van der Waals surface area contributed by atoms with Crippen molar-refractivity contribution in [2.45, 2.75) is 79.1 Å². The number of carbonyl (C=O) groups is 2. The molecule has 194 valence electrons. The van der Waals surface area contributed by atoms with Crippen molar-refractivity contribution in [3.05, 3.63) is 58.5 Å². The van der Waals surface area contributed by atoms with Gasteiger partial charge < -0.3 is 14.4 Å². The Morgan fingerprint density at radius 1 is 1.00 bits per heavy atom. The number of carbonyl (C=O) groups excluding carboxylic acids is 2. The fourth-order valence-corrected chi connectivity index (χ4v) is 6.17. The maximum absolute atomic E-state index is 13.8. The van der Waals surface area contributed by atoms with Gasteiger partial charge in [0.1, 0.15) is 0 Å². The zero-order chi connectivity index (χ0) is 26.4. The Balaban J connectivity index is 1.98. The summed E-state index contributed by atoms with van der Waals surface area (Å²) in [6.07, 6.45) is 5.91. The van der Waals surface area contributed by atoms with Crippen LogP contribution in [0.4, 0.5) is 0 Å². The van der Waals surface area contributed by atoms with Gasteiger partial charge >= 0.3 is 0 Å². The van der Waals surface area contributed by atoms with Gasteiger partial charge in [0.25, 0.3) is 0 Å². The molecule has 0 amide bonds. The molecule has 2 aliphatic carbocycles. The molecule has 0 radical (unpaired) electrons. The lowest BCUT2D eigenvalue weighted by molar-refractivity contribution is -0.119. The Kier molecular flexibility index (Phi) is 6.98. The summed E-state index contributed by atoms with van der Waals surface area (Å²) in [6.45, 7) is 15.2. The number of Topliss-reactive ketones (excluding diaryl/α,β-unsaturated/α-hetero) is 2. The van der Waals surface area contributed by atoms with Gasteiger partial charge in [0.05, 0.1) is 13.7 Å². The van der Waals surface area contributed by atoms with E-state index in [1.54, 1.807) is 7.11 Å². The maximum Gasteiger partial charge on any atom is 0.164 e. The third-order valence-corrected chi connectivity index (χ3v) is 7.70. The molecule has 4 rings (SSSR count). The molecular formula is C31H41NO4. The van der Waals surface area contributed by atoms with Crippen molar-refractivity contribution in [1.29, 1.82) is 0 Å². The summed E-state index contributed by atoms with van der Waals surface area (Å²) in [7, 11) is 3.68. The van der Waals surface area contributed by atoms with Crippen LogP contribution >= 0.6 is 0 Å². The average Bonchev–Trinajstić information content (AvgIpc) is 2.78. The molecule has 0 spiro atoms. The Labute approximate surface area is 216 Å². The minimum atomic E-state index is -0.393. The molecule has 36 heavy (non-hydrogen) atoms. The van der Waals surface area contributed by atoms with Crippen molar-refractivity contribution in [2.24, 2.45) is 10.8 Å². The topological polar surface area (TPSA) is 55.8 Å². The van der Waals surface area contributed by atoms with E-state index >= 15 is 0 Å². The molecule has 0 saturated heterocycles. The van der Waals surface area contributed by atoms with Crippen LogP contribution in [0.1, 0.15) is 83.8 Å². The predicted octanol–water partition coefficient (Wildman–Crippen LogP) is 6.53. The van der Waals surface area contributed by atoms with E-state index in [1.165, 1.54) is 0 Å². The van der Waals surface area contributed by atoms with E-state index in [0.29, 0.717) is 37.4 Å². The molecule has 5 heteroatoms. The summed E-state index contributed by atoms with van der Waals surface area (Å²) < 4.78 is 11.9. The molecule has 1 aliphatic heterocycles. The van der Waals surface area contributed by atoms with E-state index in [4.69, 9.17) is 9.47 Å². The number of hydrogen-bond acceptors (Lipinski definition) is 5. The van der Waals surface area contributed by atoms with Crippen LogP contribution in [0, 0.1) is 10.8 Å². The van der Waals surface area contributed by atoms with Crippen molar-refractivity contribution < 1.29 is 19.1 Å². The van der Waals surface area contributed by atoms with Gasteiger partial charge in [-0.3, -0.25) is 9.59 Å². The van der Waals surface area contributed by atoms with E-state index in [-0.39, 0.29) is 22.4 Å². The standard InChI is InChI=1S/C31H41NO4/c1-9-11-19-13-20(14-25(35-8)29(19)36-12-10-2)26-27-21(15-30(3,4)17-23(27)33)32(7)22-16-31(5,6)18-24(34)28(22)26/h9,13-14,26H,1,10-12,15-18H2,2-8H3. The van der Waals surface area contributed by atoms with Crippen molar-refractivity contribution >= 4 is 11.6 Å². The highest BCUT2D eigenvalue weighted by Gasteiger charge is 2.48. The fourth-order valence-electron chi connectivity index (χ4n) is 6.17. The lowest BCUT2D eigenvalue weighted by Gasteiger charge is -2.48. The van der Waals surface area contributed by atoms with Gasteiger partial charge in [0.2, 0.25) is 0 Å². The SMILES string of the molecule is C=CCc1cc(C2C3=C(CC(C)(C)CC3=O)N(C)C3=C2C(=O)CC(C)(C)C3)cc(OC)c1OCCC. The second-order valence-corrected chi connectivity index (χ2v) is 12.1. The van der Waals surface area contributed by atoms with Crippen LogP contribution in [-0.4, -0.2) is 37.2 Å². The number of benzene rings is 1. The van der Waals surface area contributed by atoms with E-state index in [0.717, 1.165) is 52.9 Å². The number of methoxy groups -OCH3 is 1. The fraction of sp³-hybridized carbons (Fsp3) is 0.548. The van der Waals surface area contributed by atoms with E-state index in [9.17, 15) is 9.59 Å². The Morgan fingerprint density at radius 2 is 1.56 bits per heavy atom. The van der Waals surface area contributed by atoms with Crippen LogP contribution in [0.2, 0.25) is 0 Å². The third kappa shape index (κ3) is 4.65. The minimum Gasteiger partial charge on any atom is -0.493 e. The summed E-state index contributed by atoms with van der Waals surface area (Å²) in [5.74, 6) is 1.23. The van der Waals surface area contributed by atoms with Gasteiger partial charge in [-0.05, 0) is 48.1 Å². The molecule has 0 unspecified atom stereocenters. The quantitative estimate of drug-likeness (QED) is 0.406. The van der Waals surface area contributed by atoms with Crippen LogP contribution in [-0.2, 0) is 16.0 Å². The molecule has 0 bridgehead atoms. The van der Waals surface area contributed by atoms with Crippen LogP contribution in [0.15, 0.2) is 47.3 Å². The van der Waals surface area contributed by atoms with Gasteiger partial charge in [-0.15, -0.1) is 6.58 Å². The molecule has 5 nitrogen and oxygen atoms in total. The van der Waals surface area contributed by atoms with Gasteiger partial charge in [0.15, 0.2) is 23.1 Å². The number of hydrogen-bond donors (Lipinski definition) is 0. The summed E-state index contributed by atoms with van der Waals surface area (Å²) >= 11 is 0. The molecule has 0 fully saturated rings. The first-order valence-electron chi connectivity index (χ1n) is 13.1. The highest BCUT2D eigenvalue weighted by Crippen LogP contribution is 2.54. The lowest BCUT2D eigenvalue weighted by atomic mass is 9.63. The van der Waals surface area contributed by atoms with Crippen LogP contribution in [0.25, 0.3) is 0 Å². The Bertz CT molecular complexity index is 1110. The van der Waals surface area contributed by atoms with E-state index in [2.05, 4.69) is 52.2 Å².